The van der Waals surface area contributed by atoms with Crippen LogP contribution in [-0.2, 0) is 6.54 Å². The predicted molar refractivity (Wildman–Crippen MR) is 97.3 cm³/mol. The van der Waals surface area contributed by atoms with Crippen LogP contribution in [0, 0.1) is 12.8 Å². The minimum atomic E-state index is 0.782. The molecule has 0 aliphatic carbocycles. The summed E-state index contributed by atoms with van der Waals surface area (Å²) in [7, 11) is 0. The second kappa shape index (κ2) is 7.08. The summed E-state index contributed by atoms with van der Waals surface area (Å²) in [4.78, 5) is 2.59. The van der Waals surface area contributed by atoms with Crippen molar-refractivity contribution in [2.45, 2.75) is 45.2 Å². The highest BCUT2D eigenvalue weighted by Gasteiger charge is 2.28. The van der Waals surface area contributed by atoms with Crippen LogP contribution in [-0.4, -0.2) is 40.4 Å². The maximum Gasteiger partial charge on any atom is 0.0678 e. The highest BCUT2D eigenvalue weighted by molar-refractivity contribution is 5.40. The van der Waals surface area contributed by atoms with Gasteiger partial charge in [-0.1, -0.05) is 18.2 Å². The molecule has 1 N–H and O–H groups in total. The quantitative estimate of drug-likeness (QED) is 0.938. The van der Waals surface area contributed by atoms with Gasteiger partial charge in [0.05, 0.1) is 11.4 Å². The summed E-state index contributed by atoms with van der Waals surface area (Å²) in [6.07, 6.45) is 7.33. The van der Waals surface area contributed by atoms with Gasteiger partial charge >= 0.3 is 0 Å². The Morgan fingerprint density at radius 3 is 2.71 bits per heavy atom. The average Bonchev–Trinajstić information content (AvgIpc) is 3.28. The molecular weight excluding hydrogens is 296 g/mol. The first kappa shape index (κ1) is 15.9. The van der Waals surface area contributed by atoms with E-state index in [0.29, 0.717) is 0 Å². The fraction of sp³-hybridized carbons (Fsp3) is 0.550. The monoisotopic (exact) mass is 324 g/mol. The maximum atomic E-state index is 4.57. The fourth-order valence-electron chi connectivity index (χ4n) is 4.32. The zero-order valence-corrected chi connectivity index (χ0v) is 14.6. The van der Waals surface area contributed by atoms with Crippen molar-refractivity contribution in [3.8, 4) is 5.69 Å². The van der Waals surface area contributed by atoms with Gasteiger partial charge in [0.2, 0.25) is 0 Å². The molecule has 2 aliphatic heterocycles. The first-order chi connectivity index (χ1) is 11.8. The van der Waals surface area contributed by atoms with Crippen LogP contribution in [0.15, 0.2) is 36.5 Å². The molecule has 4 rings (SSSR count). The van der Waals surface area contributed by atoms with Crippen molar-refractivity contribution in [3.05, 3.63) is 47.8 Å². The molecule has 0 radical (unpaired) electrons. The van der Waals surface area contributed by atoms with Gasteiger partial charge in [0.25, 0.3) is 0 Å². The zero-order valence-electron chi connectivity index (χ0n) is 14.6. The summed E-state index contributed by atoms with van der Waals surface area (Å²) in [5.74, 6) is 0.880. The lowest BCUT2D eigenvalue weighted by Gasteiger charge is -2.34. The van der Waals surface area contributed by atoms with Gasteiger partial charge < -0.3 is 5.32 Å². The van der Waals surface area contributed by atoms with E-state index in [4.69, 9.17) is 0 Å². The minimum absolute atomic E-state index is 0.782. The van der Waals surface area contributed by atoms with Crippen LogP contribution in [0.1, 0.15) is 36.9 Å². The first-order valence-corrected chi connectivity index (χ1v) is 9.36. The van der Waals surface area contributed by atoms with E-state index in [1.165, 1.54) is 62.3 Å². The number of likely N-dealkylation sites (tertiary alicyclic amines) is 1. The molecule has 0 amide bonds. The standard InChI is InChI=1S/C20H28N4/c1-16-5-2-3-7-20(16)24-18(8-12-22-24)15-23-13-9-17(10-14-23)19-6-4-11-21-19/h2-3,5,7-8,12,17,19,21H,4,6,9-11,13-15H2,1H3. The predicted octanol–water partition coefficient (Wildman–Crippen LogP) is 3.14. The highest BCUT2D eigenvalue weighted by Crippen LogP contribution is 2.26. The summed E-state index contributed by atoms with van der Waals surface area (Å²) in [6.45, 7) is 6.80. The molecule has 3 heterocycles. The van der Waals surface area contributed by atoms with Gasteiger partial charge in [-0.3, -0.25) is 4.90 Å². The molecule has 128 valence electrons. The summed E-state index contributed by atoms with van der Waals surface area (Å²) in [6, 6.07) is 11.4. The van der Waals surface area contributed by atoms with Crippen molar-refractivity contribution < 1.29 is 0 Å². The van der Waals surface area contributed by atoms with Crippen LogP contribution < -0.4 is 5.32 Å². The van der Waals surface area contributed by atoms with Gasteiger partial charge in [-0.05, 0) is 75.9 Å². The van der Waals surface area contributed by atoms with Crippen LogP contribution in [0.5, 0.6) is 0 Å². The van der Waals surface area contributed by atoms with Crippen molar-refractivity contribution in [3.63, 3.8) is 0 Å². The highest BCUT2D eigenvalue weighted by atomic mass is 15.3. The average molecular weight is 324 g/mol. The minimum Gasteiger partial charge on any atom is -0.314 e. The number of para-hydroxylation sites is 1. The van der Waals surface area contributed by atoms with Gasteiger partial charge in [0, 0.05) is 18.8 Å². The molecule has 1 aromatic heterocycles. The van der Waals surface area contributed by atoms with E-state index < -0.39 is 0 Å². The van der Waals surface area contributed by atoms with Gasteiger partial charge in [0.15, 0.2) is 0 Å². The molecule has 0 saturated carbocycles. The molecule has 24 heavy (non-hydrogen) atoms. The Bertz CT molecular complexity index is 664. The summed E-state index contributed by atoms with van der Waals surface area (Å²) in [5.41, 5.74) is 3.76. The molecule has 2 aromatic rings. The van der Waals surface area contributed by atoms with E-state index in [1.807, 2.05) is 6.20 Å². The van der Waals surface area contributed by atoms with Crippen LogP contribution in [0.3, 0.4) is 0 Å². The number of benzene rings is 1. The Labute approximate surface area is 144 Å². The SMILES string of the molecule is Cc1ccccc1-n1nccc1CN1CCC(C2CCCN2)CC1. The first-order valence-electron chi connectivity index (χ1n) is 9.36. The number of piperidine rings is 1. The van der Waals surface area contributed by atoms with Crippen molar-refractivity contribution in [1.29, 1.82) is 0 Å². The lowest BCUT2D eigenvalue weighted by atomic mass is 9.88. The molecule has 1 atom stereocenters. The van der Waals surface area contributed by atoms with E-state index >= 15 is 0 Å². The van der Waals surface area contributed by atoms with E-state index in [9.17, 15) is 0 Å². The van der Waals surface area contributed by atoms with E-state index in [0.717, 1.165) is 18.5 Å². The summed E-state index contributed by atoms with van der Waals surface area (Å²) < 4.78 is 2.11. The third-order valence-electron chi connectivity index (χ3n) is 5.75. The summed E-state index contributed by atoms with van der Waals surface area (Å²) in [5, 5.41) is 8.26. The Kier molecular flexibility index (Phi) is 4.67. The smallest absolute Gasteiger partial charge is 0.0678 e. The van der Waals surface area contributed by atoms with Crippen LogP contribution >= 0.6 is 0 Å². The van der Waals surface area contributed by atoms with Gasteiger partial charge in [-0.2, -0.15) is 5.10 Å². The number of nitrogens with one attached hydrogen (secondary N) is 1. The fourth-order valence-corrected chi connectivity index (χ4v) is 4.32. The molecule has 2 aliphatic rings. The van der Waals surface area contributed by atoms with Gasteiger partial charge in [-0.15, -0.1) is 0 Å². The van der Waals surface area contributed by atoms with Crippen LogP contribution in [0.25, 0.3) is 5.69 Å². The lowest BCUT2D eigenvalue weighted by Crippen LogP contribution is -2.40. The molecule has 1 aromatic carbocycles. The Morgan fingerprint density at radius 1 is 1.12 bits per heavy atom. The second-order valence-electron chi connectivity index (χ2n) is 7.34. The van der Waals surface area contributed by atoms with Crippen LogP contribution in [0.4, 0.5) is 0 Å². The molecule has 4 heteroatoms. The third-order valence-corrected chi connectivity index (χ3v) is 5.75. The van der Waals surface area contributed by atoms with E-state index in [2.05, 4.69) is 57.3 Å². The van der Waals surface area contributed by atoms with E-state index in [1.54, 1.807) is 0 Å². The summed E-state index contributed by atoms with van der Waals surface area (Å²) >= 11 is 0. The van der Waals surface area contributed by atoms with Crippen LogP contribution in [0.2, 0.25) is 0 Å². The lowest BCUT2D eigenvalue weighted by molar-refractivity contribution is 0.155. The van der Waals surface area contributed by atoms with Crippen molar-refractivity contribution in [2.24, 2.45) is 5.92 Å². The molecule has 1 unspecified atom stereocenters. The molecule has 0 spiro atoms. The molecular formula is C20H28N4. The Hall–Kier alpha value is -1.65. The zero-order chi connectivity index (χ0) is 16.4. The second-order valence-corrected chi connectivity index (χ2v) is 7.34. The molecule has 4 nitrogen and oxygen atoms in total. The van der Waals surface area contributed by atoms with Crippen molar-refractivity contribution in [2.75, 3.05) is 19.6 Å². The largest absolute Gasteiger partial charge is 0.314 e. The third kappa shape index (κ3) is 3.26. The van der Waals surface area contributed by atoms with E-state index in [-0.39, 0.29) is 0 Å². The van der Waals surface area contributed by atoms with Gasteiger partial charge in [0.1, 0.15) is 0 Å². The van der Waals surface area contributed by atoms with Crippen molar-refractivity contribution in [1.82, 2.24) is 20.0 Å². The normalized spacial score (nSPS) is 23.0. The number of hydrogen-bond acceptors (Lipinski definition) is 3. The molecule has 2 saturated heterocycles. The van der Waals surface area contributed by atoms with Crippen molar-refractivity contribution >= 4 is 0 Å². The Balaban J connectivity index is 1.40. The maximum absolute atomic E-state index is 4.57. The van der Waals surface area contributed by atoms with Gasteiger partial charge in [-0.25, -0.2) is 4.68 Å². The number of nitrogens with zero attached hydrogens (tertiary/aromatic N) is 3. The molecule has 2 fully saturated rings. The number of rotatable bonds is 4. The number of aromatic nitrogens is 2. The number of aryl methyl sites for hydroxylation is 1. The number of hydrogen-bond donors (Lipinski definition) is 1. The Morgan fingerprint density at radius 2 is 1.96 bits per heavy atom. The topological polar surface area (TPSA) is 33.1 Å². The molecule has 0 bridgehead atoms.